The lowest BCUT2D eigenvalue weighted by molar-refractivity contribution is -0.131. The van der Waals surface area contributed by atoms with Crippen LogP contribution in [-0.2, 0) is 4.79 Å². The zero-order valence-corrected chi connectivity index (χ0v) is 8.45. The molecule has 0 unspecified atom stereocenters. The number of aromatic nitrogens is 2. The molecule has 0 aliphatic rings. The fourth-order valence-corrected chi connectivity index (χ4v) is 1.37. The summed E-state index contributed by atoms with van der Waals surface area (Å²) in [6.45, 7) is 0. The molecular weight excluding hydrogens is 204 g/mol. The number of hydrogen-bond donors (Lipinski definition) is 1. The molecule has 16 heavy (non-hydrogen) atoms. The van der Waals surface area contributed by atoms with Crippen LogP contribution in [0.4, 0.5) is 0 Å². The molecule has 80 valence electrons. The van der Waals surface area contributed by atoms with E-state index in [1.165, 1.54) is 0 Å². The SMILES string of the molecule is O=C(O)C=Cc1cccc(-n2ccnc2)c1. The zero-order valence-electron chi connectivity index (χ0n) is 8.45. The topological polar surface area (TPSA) is 55.1 Å². The Balaban J connectivity index is 2.30. The van der Waals surface area contributed by atoms with E-state index in [4.69, 9.17) is 5.11 Å². The summed E-state index contributed by atoms with van der Waals surface area (Å²) in [7, 11) is 0. The van der Waals surface area contributed by atoms with Crippen molar-refractivity contribution in [2.45, 2.75) is 0 Å². The fraction of sp³-hybridized carbons (Fsp3) is 0. The van der Waals surface area contributed by atoms with Gasteiger partial charge in [0.15, 0.2) is 0 Å². The van der Waals surface area contributed by atoms with Crippen molar-refractivity contribution in [3.05, 3.63) is 54.6 Å². The van der Waals surface area contributed by atoms with E-state index in [2.05, 4.69) is 4.98 Å². The summed E-state index contributed by atoms with van der Waals surface area (Å²) < 4.78 is 1.86. The Morgan fingerprint density at radius 3 is 3.00 bits per heavy atom. The second kappa shape index (κ2) is 4.44. The molecule has 1 N–H and O–H groups in total. The van der Waals surface area contributed by atoms with Crippen molar-refractivity contribution in [1.29, 1.82) is 0 Å². The van der Waals surface area contributed by atoms with Gasteiger partial charge in [-0.2, -0.15) is 0 Å². The maximum atomic E-state index is 10.4. The minimum absolute atomic E-state index is 0.841. The Labute approximate surface area is 92.5 Å². The first-order valence-electron chi connectivity index (χ1n) is 4.75. The number of hydrogen-bond acceptors (Lipinski definition) is 2. The minimum atomic E-state index is -0.951. The van der Waals surface area contributed by atoms with Gasteiger partial charge in [-0.15, -0.1) is 0 Å². The van der Waals surface area contributed by atoms with E-state index in [1.54, 1.807) is 18.6 Å². The highest BCUT2D eigenvalue weighted by atomic mass is 16.4. The van der Waals surface area contributed by atoms with Gasteiger partial charge in [0.1, 0.15) is 0 Å². The lowest BCUT2D eigenvalue weighted by Crippen LogP contribution is -1.90. The Kier molecular flexibility index (Phi) is 2.82. The Morgan fingerprint density at radius 1 is 1.44 bits per heavy atom. The number of rotatable bonds is 3. The molecule has 4 heteroatoms. The van der Waals surface area contributed by atoms with Crippen LogP contribution in [0.25, 0.3) is 11.8 Å². The Bertz CT molecular complexity index is 516. The van der Waals surface area contributed by atoms with Crippen molar-refractivity contribution < 1.29 is 9.90 Å². The lowest BCUT2D eigenvalue weighted by atomic mass is 10.2. The number of carboxylic acid groups (broad SMARTS) is 1. The van der Waals surface area contributed by atoms with Crippen LogP contribution in [0.3, 0.4) is 0 Å². The smallest absolute Gasteiger partial charge is 0.328 e. The minimum Gasteiger partial charge on any atom is -0.478 e. The highest BCUT2D eigenvalue weighted by molar-refractivity contribution is 5.85. The van der Waals surface area contributed by atoms with E-state index in [9.17, 15) is 4.79 Å². The first kappa shape index (κ1) is 10.2. The van der Waals surface area contributed by atoms with Gasteiger partial charge in [0.05, 0.1) is 6.33 Å². The summed E-state index contributed by atoms with van der Waals surface area (Å²) >= 11 is 0. The second-order valence-corrected chi connectivity index (χ2v) is 3.24. The van der Waals surface area contributed by atoms with Gasteiger partial charge in [-0.3, -0.25) is 0 Å². The molecule has 0 aliphatic heterocycles. The maximum Gasteiger partial charge on any atom is 0.328 e. The molecule has 0 amide bonds. The Morgan fingerprint density at radius 2 is 2.31 bits per heavy atom. The largest absolute Gasteiger partial charge is 0.478 e. The molecule has 0 radical (unpaired) electrons. The standard InChI is InChI=1S/C12H10N2O2/c15-12(16)5-4-10-2-1-3-11(8-10)14-7-6-13-9-14/h1-9H,(H,15,16). The van der Waals surface area contributed by atoms with Gasteiger partial charge >= 0.3 is 5.97 Å². The molecule has 2 aromatic rings. The zero-order chi connectivity index (χ0) is 11.4. The monoisotopic (exact) mass is 214 g/mol. The molecule has 0 saturated carbocycles. The van der Waals surface area contributed by atoms with E-state index < -0.39 is 5.97 Å². The number of imidazole rings is 1. The first-order valence-corrected chi connectivity index (χ1v) is 4.75. The van der Waals surface area contributed by atoms with Gasteiger partial charge < -0.3 is 9.67 Å². The third-order valence-electron chi connectivity index (χ3n) is 2.09. The normalized spacial score (nSPS) is 10.8. The highest BCUT2D eigenvalue weighted by Crippen LogP contribution is 2.11. The second-order valence-electron chi connectivity index (χ2n) is 3.24. The molecule has 0 atom stereocenters. The highest BCUT2D eigenvalue weighted by Gasteiger charge is 1.96. The van der Waals surface area contributed by atoms with Crippen molar-refractivity contribution in [2.24, 2.45) is 0 Å². The summed E-state index contributed by atoms with van der Waals surface area (Å²) in [6.07, 6.45) is 7.90. The van der Waals surface area contributed by atoms with Crippen LogP contribution < -0.4 is 0 Å². The van der Waals surface area contributed by atoms with Gasteiger partial charge in [0.25, 0.3) is 0 Å². The molecule has 1 aromatic carbocycles. The molecule has 1 heterocycles. The van der Waals surface area contributed by atoms with Crippen LogP contribution in [0, 0.1) is 0 Å². The van der Waals surface area contributed by atoms with E-state index in [0.29, 0.717) is 0 Å². The predicted octanol–water partition coefficient (Wildman–Crippen LogP) is 1.97. The van der Waals surface area contributed by atoms with E-state index >= 15 is 0 Å². The predicted molar refractivity (Wildman–Crippen MR) is 60.2 cm³/mol. The third-order valence-corrected chi connectivity index (χ3v) is 2.09. The summed E-state index contributed by atoms with van der Waals surface area (Å²) in [6, 6.07) is 7.54. The first-order chi connectivity index (χ1) is 7.75. The molecule has 1 aromatic heterocycles. The lowest BCUT2D eigenvalue weighted by Gasteiger charge is -2.02. The summed E-state index contributed by atoms with van der Waals surface area (Å²) in [5, 5.41) is 8.53. The van der Waals surface area contributed by atoms with Crippen LogP contribution in [-0.4, -0.2) is 20.6 Å². The number of nitrogens with zero attached hydrogens (tertiary/aromatic N) is 2. The quantitative estimate of drug-likeness (QED) is 0.795. The van der Waals surface area contributed by atoms with Gasteiger partial charge in [-0.1, -0.05) is 12.1 Å². The van der Waals surface area contributed by atoms with Crippen LogP contribution in [0.2, 0.25) is 0 Å². The van der Waals surface area contributed by atoms with Gasteiger partial charge in [0, 0.05) is 24.2 Å². The van der Waals surface area contributed by atoms with Crippen molar-refractivity contribution >= 4 is 12.0 Å². The molecule has 4 nitrogen and oxygen atoms in total. The maximum absolute atomic E-state index is 10.4. The molecule has 2 rings (SSSR count). The third kappa shape index (κ3) is 2.36. The molecule has 0 aliphatic carbocycles. The van der Waals surface area contributed by atoms with Crippen molar-refractivity contribution in [3.8, 4) is 5.69 Å². The average molecular weight is 214 g/mol. The average Bonchev–Trinajstić information content (AvgIpc) is 2.80. The molecule has 0 bridgehead atoms. The van der Waals surface area contributed by atoms with Gasteiger partial charge in [-0.05, 0) is 23.8 Å². The van der Waals surface area contributed by atoms with Gasteiger partial charge in [0.2, 0.25) is 0 Å². The molecular formula is C12H10N2O2. The van der Waals surface area contributed by atoms with Gasteiger partial charge in [-0.25, -0.2) is 9.78 Å². The van der Waals surface area contributed by atoms with Crippen molar-refractivity contribution in [1.82, 2.24) is 9.55 Å². The molecule has 0 spiro atoms. The number of benzene rings is 1. The van der Waals surface area contributed by atoms with E-state index in [-0.39, 0.29) is 0 Å². The van der Waals surface area contributed by atoms with E-state index in [1.807, 2.05) is 35.0 Å². The van der Waals surface area contributed by atoms with Crippen LogP contribution in [0.1, 0.15) is 5.56 Å². The summed E-state index contributed by atoms with van der Waals surface area (Å²) in [4.78, 5) is 14.3. The van der Waals surface area contributed by atoms with Crippen LogP contribution >= 0.6 is 0 Å². The Hall–Kier alpha value is -2.36. The molecule has 0 fully saturated rings. The number of aliphatic carboxylic acids is 1. The van der Waals surface area contributed by atoms with Crippen LogP contribution in [0.15, 0.2) is 49.1 Å². The number of carboxylic acids is 1. The molecule has 0 saturated heterocycles. The van der Waals surface area contributed by atoms with Crippen LogP contribution in [0.5, 0.6) is 0 Å². The summed E-state index contributed by atoms with van der Waals surface area (Å²) in [5.74, 6) is -0.951. The van der Waals surface area contributed by atoms with Crippen molar-refractivity contribution in [3.63, 3.8) is 0 Å². The number of carbonyl (C=O) groups is 1. The fourth-order valence-electron chi connectivity index (χ4n) is 1.37. The van der Waals surface area contributed by atoms with E-state index in [0.717, 1.165) is 17.3 Å². The summed E-state index contributed by atoms with van der Waals surface area (Å²) in [5.41, 5.74) is 1.79. The van der Waals surface area contributed by atoms with Crippen molar-refractivity contribution in [2.75, 3.05) is 0 Å².